The van der Waals surface area contributed by atoms with Crippen LogP contribution in [-0.2, 0) is 0 Å². The first-order valence-corrected chi connectivity index (χ1v) is 9.08. The molecule has 0 amide bonds. The maximum Gasteiger partial charge on any atom is 0.673 e. The van der Waals surface area contributed by atoms with Gasteiger partial charge in [0, 0.05) is 22.7 Å². The average Bonchev–Trinajstić information content (AvgIpc) is 2.69. The summed E-state index contributed by atoms with van der Waals surface area (Å²) >= 11 is 5.97. The van der Waals surface area contributed by atoms with E-state index in [1.54, 1.807) is 12.1 Å². The van der Waals surface area contributed by atoms with Crippen LogP contribution in [0.25, 0.3) is 22.3 Å². The number of para-hydroxylation sites is 1. The molecule has 0 atom stereocenters. The predicted molar refractivity (Wildman–Crippen MR) is 107 cm³/mol. The highest BCUT2D eigenvalue weighted by Crippen LogP contribution is 2.23. The van der Waals surface area contributed by atoms with Gasteiger partial charge in [-0.05, 0) is 48.5 Å². The van der Waals surface area contributed by atoms with Crippen LogP contribution in [0, 0.1) is 5.82 Å². The van der Waals surface area contributed by atoms with Crippen molar-refractivity contribution >= 4 is 35.5 Å². The van der Waals surface area contributed by atoms with E-state index in [1.165, 1.54) is 12.1 Å². The molecule has 1 N–H and O–H groups in total. The van der Waals surface area contributed by atoms with E-state index in [-0.39, 0.29) is 5.82 Å². The number of fused-ring (bicyclic) bond motifs is 1. The van der Waals surface area contributed by atoms with Crippen LogP contribution in [0.15, 0.2) is 83.3 Å². The van der Waals surface area contributed by atoms with Crippen molar-refractivity contribution in [3.05, 3.63) is 95.1 Å². The summed E-state index contributed by atoms with van der Waals surface area (Å²) < 4.78 is 58.2. The van der Waals surface area contributed by atoms with Gasteiger partial charge in [-0.15, -0.1) is 0 Å². The van der Waals surface area contributed by atoms with Crippen molar-refractivity contribution in [1.82, 2.24) is 0 Å². The van der Waals surface area contributed by atoms with E-state index < -0.39 is 7.25 Å². The first kappa shape index (κ1) is 21.6. The smallest absolute Gasteiger partial charge is 0.456 e. The molecule has 30 heavy (non-hydrogen) atoms. The van der Waals surface area contributed by atoms with Gasteiger partial charge in [-0.2, -0.15) is 0 Å². The fourth-order valence-corrected chi connectivity index (χ4v) is 2.81. The van der Waals surface area contributed by atoms with Crippen molar-refractivity contribution in [2.24, 2.45) is 0 Å². The Kier molecular flexibility index (Phi) is 6.57. The fourth-order valence-electron chi connectivity index (χ4n) is 2.68. The lowest BCUT2D eigenvalue weighted by atomic mass is 10.1. The van der Waals surface area contributed by atoms with Gasteiger partial charge in [0.1, 0.15) is 17.2 Å². The lowest BCUT2D eigenvalue weighted by Crippen LogP contribution is -2.70. The molecule has 4 aromatic rings. The Bertz CT molecular complexity index is 1200. The third-order valence-corrected chi connectivity index (χ3v) is 4.18. The zero-order chi connectivity index (χ0) is 21.7. The van der Waals surface area contributed by atoms with E-state index in [2.05, 4.69) is 4.99 Å². The first-order chi connectivity index (χ1) is 14.2. The number of hydrogen-bond acceptors (Lipinski definition) is 1. The molecule has 154 valence electrons. The Morgan fingerprint density at radius 1 is 0.800 bits per heavy atom. The predicted octanol–water partition coefficient (Wildman–Crippen LogP) is 5.51. The van der Waals surface area contributed by atoms with Gasteiger partial charge >= 0.3 is 7.25 Å². The molecule has 0 fully saturated rings. The van der Waals surface area contributed by atoms with E-state index in [0.717, 1.165) is 33.3 Å². The molecule has 0 bridgehead atoms. The zero-order valence-corrected chi connectivity index (χ0v) is 16.0. The molecule has 0 unspecified atom stereocenters. The van der Waals surface area contributed by atoms with Gasteiger partial charge in [-0.1, -0.05) is 23.7 Å². The maximum absolute atomic E-state index is 13.1. The molecule has 9 heteroatoms. The van der Waals surface area contributed by atoms with E-state index >= 15 is 0 Å². The Hall–Kier alpha value is -3.13. The normalized spacial score (nSPS) is 11.9. The van der Waals surface area contributed by atoms with Crippen molar-refractivity contribution in [2.45, 2.75) is 0 Å². The van der Waals surface area contributed by atoms with Crippen LogP contribution in [0.5, 0.6) is 0 Å². The van der Waals surface area contributed by atoms with Gasteiger partial charge in [0.05, 0.1) is 11.5 Å². The molecule has 2 nitrogen and oxygen atoms in total. The molecule has 0 saturated heterocycles. The Morgan fingerprint density at radius 3 is 2.03 bits per heavy atom. The van der Waals surface area contributed by atoms with Crippen LogP contribution in [0.3, 0.4) is 0 Å². The lowest BCUT2D eigenvalue weighted by molar-refractivity contribution is -0.400. The lowest BCUT2D eigenvalue weighted by Gasteiger charge is -2.03. The van der Waals surface area contributed by atoms with Crippen molar-refractivity contribution in [3.8, 4) is 11.3 Å². The van der Waals surface area contributed by atoms with Gasteiger partial charge in [-0.3, -0.25) is 0 Å². The van der Waals surface area contributed by atoms with Crippen molar-refractivity contribution in [2.75, 3.05) is 0 Å². The molecule has 4 rings (SSSR count). The summed E-state index contributed by atoms with van der Waals surface area (Å²) in [5.74, 6) is 0.459. The molecule has 0 spiro atoms. The van der Waals surface area contributed by atoms with E-state index in [0.29, 0.717) is 5.02 Å². The Morgan fingerprint density at radius 2 is 1.40 bits per heavy atom. The summed E-state index contributed by atoms with van der Waals surface area (Å²) in [6.45, 7) is 0. The summed E-state index contributed by atoms with van der Waals surface area (Å²) in [5, 5.41) is 2.51. The van der Waals surface area contributed by atoms with Gasteiger partial charge in [0.25, 0.3) is 0 Å². The van der Waals surface area contributed by atoms with Crippen molar-refractivity contribution < 1.29 is 31.1 Å². The van der Waals surface area contributed by atoms with Gasteiger partial charge < -0.3 is 21.7 Å². The summed E-state index contributed by atoms with van der Waals surface area (Å²) in [7, 11) is -6.00. The molecule has 0 radical (unpaired) electrons. The number of rotatable bonds is 2. The second kappa shape index (κ2) is 9.13. The minimum atomic E-state index is -6.00. The Balaban J connectivity index is 0.000000461. The molecule has 1 heterocycles. The van der Waals surface area contributed by atoms with Crippen molar-refractivity contribution in [1.29, 1.82) is 0 Å². The van der Waals surface area contributed by atoms with Crippen molar-refractivity contribution in [3.63, 3.8) is 0 Å². The average molecular weight is 438 g/mol. The first-order valence-electron chi connectivity index (χ1n) is 8.71. The van der Waals surface area contributed by atoms with Crippen LogP contribution in [0.2, 0.25) is 5.02 Å². The standard InChI is InChI=1S/C21H13ClFNO.BF4/c22-15-7-5-14(6-8-15)21-13-19(18-3-1-2-4-20(18)25-21)24-17-11-9-16(23)10-12-17;2-1(3,4)5/h1-13H;/q;-1/p+1. The number of hydrogen-bond donors (Lipinski definition) is 1. The van der Waals surface area contributed by atoms with Gasteiger partial charge in [0.2, 0.25) is 11.0 Å². The molecular formula is C21H14BClF5NO. The summed E-state index contributed by atoms with van der Waals surface area (Å²) in [5.41, 5.74) is 2.50. The third kappa shape index (κ3) is 6.19. The van der Waals surface area contributed by atoms with Crippen LogP contribution in [-0.4, -0.2) is 7.25 Å². The second-order valence-electron chi connectivity index (χ2n) is 6.15. The topological polar surface area (TPSA) is 27.1 Å². The molecule has 0 aliphatic carbocycles. The SMILES string of the molecule is F[B-](F)(F)F.Fc1ccc([NH+]=c2cc(-c3ccc(Cl)cc3)oc3ccccc23)cc1. The second-order valence-corrected chi connectivity index (χ2v) is 6.59. The third-order valence-electron chi connectivity index (χ3n) is 3.92. The van der Waals surface area contributed by atoms with Crippen LogP contribution >= 0.6 is 11.6 Å². The monoisotopic (exact) mass is 437 g/mol. The zero-order valence-electron chi connectivity index (χ0n) is 15.3. The van der Waals surface area contributed by atoms with E-state index in [9.17, 15) is 21.7 Å². The van der Waals surface area contributed by atoms with Gasteiger partial charge in [-0.25, -0.2) is 9.38 Å². The van der Waals surface area contributed by atoms with Crippen LogP contribution in [0.1, 0.15) is 0 Å². The quantitative estimate of drug-likeness (QED) is 0.325. The number of nitrogens with one attached hydrogen (secondary N) is 1. The number of halogens is 6. The molecule has 0 aliphatic rings. The highest BCUT2D eigenvalue weighted by molar-refractivity contribution is 6.50. The summed E-state index contributed by atoms with van der Waals surface area (Å²) in [6.07, 6.45) is 0. The fraction of sp³-hybridized carbons (Fsp3) is 0. The molecule has 0 aliphatic heterocycles. The van der Waals surface area contributed by atoms with Crippen LogP contribution < -0.4 is 10.3 Å². The van der Waals surface area contributed by atoms with E-state index in [1.807, 2.05) is 54.6 Å². The molecular weight excluding hydrogens is 423 g/mol. The largest absolute Gasteiger partial charge is 0.673 e. The number of benzene rings is 3. The minimum Gasteiger partial charge on any atom is -0.456 e. The maximum atomic E-state index is 13.1. The molecule has 0 saturated carbocycles. The summed E-state index contributed by atoms with van der Waals surface area (Å²) in [4.78, 5) is 3.34. The molecule has 1 aromatic heterocycles. The highest BCUT2D eigenvalue weighted by Gasteiger charge is 2.20. The van der Waals surface area contributed by atoms with E-state index in [4.69, 9.17) is 16.0 Å². The molecule has 3 aromatic carbocycles. The summed E-state index contributed by atoms with van der Waals surface area (Å²) in [6, 6.07) is 23.5. The van der Waals surface area contributed by atoms with Crippen LogP contribution in [0.4, 0.5) is 27.3 Å². The van der Waals surface area contributed by atoms with Gasteiger partial charge in [0.15, 0.2) is 0 Å². The highest BCUT2D eigenvalue weighted by atomic mass is 35.5. The minimum absolute atomic E-state index is 0.264. The Labute approximate surface area is 173 Å².